The molecule has 0 fully saturated rings. The molecule has 0 radical (unpaired) electrons. The highest BCUT2D eigenvalue weighted by atomic mass is 35.5. The summed E-state index contributed by atoms with van der Waals surface area (Å²) in [7, 11) is 0. The lowest BCUT2D eigenvalue weighted by Crippen LogP contribution is -2.20. The van der Waals surface area contributed by atoms with Crippen molar-refractivity contribution in [3.8, 4) is 5.75 Å². The number of hydrogen-bond acceptors (Lipinski definition) is 2. The Balaban J connectivity index is 2.05. The van der Waals surface area contributed by atoms with Gasteiger partial charge >= 0.3 is 6.03 Å². The third-order valence-corrected chi connectivity index (χ3v) is 2.63. The first-order chi connectivity index (χ1) is 9.06. The van der Waals surface area contributed by atoms with Gasteiger partial charge in [0.15, 0.2) is 0 Å². The highest BCUT2D eigenvalue weighted by Crippen LogP contribution is 2.26. The molecule has 0 unspecified atom stereocenters. The minimum atomic E-state index is -0.605. The predicted octanol–water partition coefficient (Wildman–Crippen LogP) is 3.83. The Bertz CT molecular complexity index is 619. The number of nitrogens with one attached hydrogen (secondary N) is 2. The maximum absolute atomic E-state index is 13.3. The van der Waals surface area contributed by atoms with Gasteiger partial charge in [-0.3, -0.25) is 0 Å². The Morgan fingerprint density at radius 1 is 1.16 bits per heavy atom. The molecule has 0 atom stereocenters. The first kappa shape index (κ1) is 13.2. The van der Waals surface area contributed by atoms with Gasteiger partial charge in [0.05, 0.1) is 10.7 Å². The first-order valence-electron chi connectivity index (χ1n) is 5.37. The van der Waals surface area contributed by atoms with Gasteiger partial charge < -0.3 is 15.7 Å². The summed E-state index contributed by atoms with van der Waals surface area (Å²) in [6.45, 7) is 0. The van der Waals surface area contributed by atoms with Crippen LogP contribution in [0, 0.1) is 5.82 Å². The number of para-hydroxylation sites is 1. The fourth-order valence-corrected chi connectivity index (χ4v) is 1.61. The SMILES string of the molecule is O=C(Nc1ccc(O)c(Cl)c1)Nc1ccccc1F. The van der Waals surface area contributed by atoms with Crippen molar-refractivity contribution in [1.29, 1.82) is 0 Å². The fourth-order valence-electron chi connectivity index (χ4n) is 1.43. The highest BCUT2D eigenvalue weighted by molar-refractivity contribution is 6.32. The maximum atomic E-state index is 13.3. The van der Waals surface area contributed by atoms with Crippen LogP contribution in [0.25, 0.3) is 0 Å². The van der Waals surface area contributed by atoms with Crippen molar-refractivity contribution in [3.63, 3.8) is 0 Å². The number of carbonyl (C=O) groups is 1. The summed E-state index contributed by atoms with van der Waals surface area (Å²) in [5.74, 6) is -0.608. The molecular formula is C13H10ClFN2O2. The van der Waals surface area contributed by atoms with Gasteiger partial charge in [-0.1, -0.05) is 23.7 Å². The van der Waals surface area contributed by atoms with Gasteiger partial charge in [-0.05, 0) is 30.3 Å². The van der Waals surface area contributed by atoms with E-state index in [4.69, 9.17) is 11.6 Å². The van der Waals surface area contributed by atoms with Crippen molar-refractivity contribution in [2.45, 2.75) is 0 Å². The van der Waals surface area contributed by atoms with E-state index < -0.39 is 11.8 Å². The lowest BCUT2D eigenvalue weighted by Gasteiger charge is -2.08. The fraction of sp³-hybridized carbons (Fsp3) is 0. The largest absolute Gasteiger partial charge is 0.506 e. The Morgan fingerprint density at radius 3 is 2.58 bits per heavy atom. The quantitative estimate of drug-likeness (QED) is 0.732. The average molecular weight is 281 g/mol. The van der Waals surface area contributed by atoms with E-state index in [9.17, 15) is 14.3 Å². The molecule has 0 aromatic heterocycles. The van der Waals surface area contributed by atoms with Crippen LogP contribution in [0.3, 0.4) is 0 Å². The number of benzene rings is 2. The molecule has 98 valence electrons. The summed E-state index contributed by atoms with van der Waals surface area (Å²) < 4.78 is 13.3. The molecule has 19 heavy (non-hydrogen) atoms. The topological polar surface area (TPSA) is 61.4 Å². The number of carbonyl (C=O) groups excluding carboxylic acids is 1. The van der Waals surface area contributed by atoms with Gasteiger partial charge in [0, 0.05) is 5.69 Å². The van der Waals surface area contributed by atoms with Gasteiger partial charge in [-0.25, -0.2) is 9.18 Å². The van der Waals surface area contributed by atoms with Gasteiger partial charge in [0.25, 0.3) is 0 Å². The van der Waals surface area contributed by atoms with Gasteiger partial charge in [-0.15, -0.1) is 0 Å². The van der Waals surface area contributed by atoms with Crippen LogP contribution in [0.1, 0.15) is 0 Å². The van der Waals surface area contributed by atoms with Crippen molar-refractivity contribution < 1.29 is 14.3 Å². The molecule has 0 aliphatic rings. The van der Waals surface area contributed by atoms with Crippen LogP contribution in [0.4, 0.5) is 20.6 Å². The van der Waals surface area contributed by atoms with Crippen molar-refractivity contribution in [3.05, 3.63) is 53.3 Å². The molecule has 2 amide bonds. The minimum Gasteiger partial charge on any atom is -0.506 e. The minimum absolute atomic E-state index is 0.0740. The van der Waals surface area contributed by atoms with E-state index in [0.717, 1.165) is 0 Å². The number of aromatic hydroxyl groups is 1. The van der Waals surface area contributed by atoms with E-state index in [1.54, 1.807) is 6.07 Å². The van der Waals surface area contributed by atoms with E-state index in [0.29, 0.717) is 5.69 Å². The molecule has 0 spiro atoms. The monoisotopic (exact) mass is 280 g/mol. The Labute approximate surface area is 113 Å². The third-order valence-electron chi connectivity index (χ3n) is 2.33. The van der Waals surface area contributed by atoms with Crippen LogP contribution in [0.2, 0.25) is 5.02 Å². The van der Waals surface area contributed by atoms with Gasteiger partial charge in [-0.2, -0.15) is 0 Å². The van der Waals surface area contributed by atoms with Crippen molar-refractivity contribution in [2.75, 3.05) is 10.6 Å². The molecule has 6 heteroatoms. The first-order valence-corrected chi connectivity index (χ1v) is 5.75. The predicted molar refractivity (Wildman–Crippen MR) is 72.2 cm³/mol. The van der Waals surface area contributed by atoms with Gasteiger partial charge in [0.1, 0.15) is 11.6 Å². The van der Waals surface area contributed by atoms with Crippen LogP contribution in [-0.2, 0) is 0 Å². The van der Waals surface area contributed by atoms with E-state index in [-0.39, 0.29) is 16.5 Å². The van der Waals surface area contributed by atoms with E-state index in [2.05, 4.69) is 10.6 Å². The zero-order chi connectivity index (χ0) is 13.8. The summed E-state index contributed by atoms with van der Waals surface area (Å²) >= 11 is 5.70. The Morgan fingerprint density at radius 2 is 1.89 bits per heavy atom. The van der Waals surface area contributed by atoms with E-state index in [1.165, 1.54) is 36.4 Å². The zero-order valence-electron chi connectivity index (χ0n) is 9.65. The summed E-state index contributed by atoms with van der Waals surface area (Å²) in [5.41, 5.74) is 0.460. The number of halogens is 2. The second-order valence-corrected chi connectivity index (χ2v) is 4.13. The second kappa shape index (κ2) is 5.58. The summed E-state index contributed by atoms with van der Waals surface area (Å²) in [6.07, 6.45) is 0. The average Bonchev–Trinajstić information content (AvgIpc) is 2.37. The number of urea groups is 1. The number of rotatable bonds is 2. The molecule has 0 saturated heterocycles. The number of phenolic OH excluding ortho intramolecular Hbond substituents is 1. The van der Waals surface area contributed by atoms with E-state index >= 15 is 0 Å². The maximum Gasteiger partial charge on any atom is 0.323 e. The molecule has 4 nitrogen and oxygen atoms in total. The summed E-state index contributed by atoms with van der Waals surface area (Å²) in [6, 6.07) is 9.42. The second-order valence-electron chi connectivity index (χ2n) is 3.73. The van der Waals surface area contributed by atoms with Crippen LogP contribution >= 0.6 is 11.6 Å². The highest BCUT2D eigenvalue weighted by Gasteiger charge is 2.07. The molecule has 2 aromatic carbocycles. The number of amides is 2. The summed E-state index contributed by atoms with van der Waals surface area (Å²) in [5, 5.41) is 14.2. The molecule has 0 heterocycles. The smallest absolute Gasteiger partial charge is 0.323 e. The molecule has 0 bridgehead atoms. The lowest BCUT2D eigenvalue weighted by molar-refractivity contribution is 0.262. The molecule has 2 rings (SSSR count). The number of hydrogen-bond donors (Lipinski definition) is 3. The van der Waals surface area contributed by atoms with Gasteiger partial charge in [0.2, 0.25) is 0 Å². The summed E-state index contributed by atoms with van der Waals surface area (Å²) in [4.78, 5) is 11.6. The lowest BCUT2D eigenvalue weighted by atomic mass is 10.3. The Hall–Kier alpha value is -2.27. The molecule has 3 N–H and O–H groups in total. The van der Waals surface area contributed by atoms with Crippen molar-refractivity contribution >= 4 is 29.0 Å². The molecule has 0 aliphatic carbocycles. The molecule has 2 aromatic rings. The van der Waals surface area contributed by atoms with Crippen LogP contribution in [0.5, 0.6) is 5.75 Å². The molecule has 0 saturated carbocycles. The molecule has 0 aliphatic heterocycles. The van der Waals surface area contributed by atoms with E-state index in [1.807, 2.05) is 0 Å². The molecular weight excluding hydrogens is 271 g/mol. The van der Waals surface area contributed by atoms with Crippen LogP contribution in [-0.4, -0.2) is 11.1 Å². The standard InChI is InChI=1S/C13H10ClFN2O2/c14-9-7-8(5-6-12(9)18)16-13(19)17-11-4-2-1-3-10(11)15/h1-7,18H,(H2,16,17,19). The Kier molecular flexibility index (Phi) is 3.87. The number of anilines is 2. The zero-order valence-corrected chi connectivity index (χ0v) is 10.4. The normalized spacial score (nSPS) is 10.0. The van der Waals surface area contributed by atoms with Crippen LogP contribution in [0.15, 0.2) is 42.5 Å². The van der Waals surface area contributed by atoms with Crippen molar-refractivity contribution in [2.24, 2.45) is 0 Å². The van der Waals surface area contributed by atoms with Crippen molar-refractivity contribution in [1.82, 2.24) is 0 Å². The van der Waals surface area contributed by atoms with Crippen LogP contribution < -0.4 is 10.6 Å². The number of phenols is 1. The third kappa shape index (κ3) is 3.35.